The molecular weight excluding hydrogens is 268 g/mol. The monoisotopic (exact) mass is 298 g/mol. The van der Waals surface area contributed by atoms with Gasteiger partial charge in [0.15, 0.2) is 0 Å². The number of carbonyl (C=O) groups excluding carboxylic acids is 2. The van der Waals surface area contributed by atoms with Gasteiger partial charge in [-0.1, -0.05) is 32.1 Å². The molecule has 0 spiro atoms. The van der Waals surface area contributed by atoms with Crippen LogP contribution < -0.4 is 5.32 Å². The van der Waals surface area contributed by atoms with Gasteiger partial charge in [-0.15, -0.1) is 0 Å². The Balaban J connectivity index is 2.19. The third kappa shape index (κ3) is 7.93. The maximum absolute atomic E-state index is 11.9. The van der Waals surface area contributed by atoms with E-state index in [1.165, 1.54) is 32.1 Å². The minimum absolute atomic E-state index is 0.00389. The summed E-state index contributed by atoms with van der Waals surface area (Å²) >= 11 is 0. The van der Waals surface area contributed by atoms with Crippen molar-refractivity contribution in [1.29, 1.82) is 0 Å². The smallest absolute Gasteiger partial charge is 0.408 e. The first-order valence-corrected chi connectivity index (χ1v) is 7.99. The van der Waals surface area contributed by atoms with Crippen molar-refractivity contribution in [1.82, 2.24) is 10.2 Å². The maximum Gasteiger partial charge on any atom is 0.408 e. The minimum atomic E-state index is -0.545. The van der Waals surface area contributed by atoms with Crippen molar-refractivity contribution in [2.45, 2.75) is 64.9 Å². The number of nitrogens with one attached hydrogen (secondary N) is 1. The number of likely N-dealkylation sites (N-methyl/N-ethyl adjacent to an activating group) is 1. The molecular formula is C16H30N2O3. The fraction of sp³-hybridized carbons (Fsp3) is 0.875. The van der Waals surface area contributed by atoms with Crippen LogP contribution in [0.4, 0.5) is 4.79 Å². The first-order valence-electron chi connectivity index (χ1n) is 7.99. The SMILES string of the molecule is CN(CCC1CCCCC1)C(=O)CNC(=O)OC(C)(C)C. The van der Waals surface area contributed by atoms with Crippen LogP contribution in [-0.4, -0.2) is 42.6 Å². The van der Waals surface area contributed by atoms with Gasteiger partial charge in [-0.05, 0) is 33.1 Å². The zero-order chi connectivity index (χ0) is 15.9. The second-order valence-corrected chi connectivity index (χ2v) is 6.96. The topological polar surface area (TPSA) is 58.6 Å². The fourth-order valence-corrected chi connectivity index (χ4v) is 2.57. The third-order valence-corrected chi connectivity index (χ3v) is 3.81. The fourth-order valence-electron chi connectivity index (χ4n) is 2.57. The Bertz CT molecular complexity index is 344. The van der Waals surface area contributed by atoms with E-state index in [0.717, 1.165) is 18.9 Å². The van der Waals surface area contributed by atoms with Crippen LogP contribution in [0.25, 0.3) is 0 Å². The molecule has 122 valence electrons. The average Bonchev–Trinajstić information content (AvgIpc) is 2.41. The normalized spacial score (nSPS) is 16.4. The van der Waals surface area contributed by atoms with Crippen LogP contribution in [0.15, 0.2) is 0 Å². The zero-order valence-electron chi connectivity index (χ0n) is 13.9. The van der Waals surface area contributed by atoms with E-state index in [2.05, 4.69) is 5.32 Å². The molecule has 0 radical (unpaired) electrons. The first kappa shape index (κ1) is 17.8. The highest BCUT2D eigenvalue weighted by molar-refractivity contribution is 5.82. The number of nitrogens with zero attached hydrogens (tertiary/aromatic N) is 1. The third-order valence-electron chi connectivity index (χ3n) is 3.81. The molecule has 2 amide bonds. The Morgan fingerprint density at radius 3 is 2.38 bits per heavy atom. The summed E-state index contributed by atoms with van der Waals surface area (Å²) in [5.74, 6) is 0.685. The molecule has 0 aliphatic heterocycles. The lowest BCUT2D eigenvalue weighted by Gasteiger charge is -2.25. The lowest BCUT2D eigenvalue weighted by atomic mass is 9.87. The predicted molar refractivity (Wildman–Crippen MR) is 83.1 cm³/mol. The molecule has 1 rings (SSSR count). The van der Waals surface area contributed by atoms with Crippen LogP contribution >= 0.6 is 0 Å². The summed E-state index contributed by atoms with van der Waals surface area (Å²) in [6.45, 7) is 6.15. The molecule has 5 heteroatoms. The number of rotatable bonds is 5. The van der Waals surface area contributed by atoms with Crippen molar-refractivity contribution in [2.24, 2.45) is 5.92 Å². The molecule has 0 aromatic heterocycles. The van der Waals surface area contributed by atoms with Gasteiger partial charge in [0, 0.05) is 13.6 Å². The first-order chi connectivity index (χ1) is 9.78. The van der Waals surface area contributed by atoms with Crippen molar-refractivity contribution in [3.8, 4) is 0 Å². The van der Waals surface area contributed by atoms with Crippen LogP contribution in [0.1, 0.15) is 59.3 Å². The minimum Gasteiger partial charge on any atom is -0.444 e. The Morgan fingerprint density at radius 2 is 1.81 bits per heavy atom. The van der Waals surface area contributed by atoms with E-state index in [-0.39, 0.29) is 12.5 Å². The van der Waals surface area contributed by atoms with Gasteiger partial charge in [0.05, 0.1) is 0 Å². The maximum atomic E-state index is 11.9. The largest absolute Gasteiger partial charge is 0.444 e. The second kappa shape index (κ2) is 8.25. The van der Waals surface area contributed by atoms with Crippen LogP contribution in [0, 0.1) is 5.92 Å². The molecule has 0 unspecified atom stereocenters. The average molecular weight is 298 g/mol. The number of ether oxygens (including phenoxy) is 1. The van der Waals surface area contributed by atoms with E-state index in [0.29, 0.717) is 0 Å². The Morgan fingerprint density at radius 1 is 1.19 bits per heavy atom. The lowest BCUT2D eigenvalue weighted by molar-refractivity contribution is -0.129. The summed E-state index contributed by atoms with van der Waals surface area (Å²) in [6.07, 6.45) is 7.10. The lowest BCUT2D eigenvalue weighted by Crippen LogP contribution is -2.41. The van der Waals surface area contributed by atoms with Gasteiger partial charge in [0.2, 0.25) is 5.91 Å². The van der Waals surface area contributed by atoms with E-state index in [1.807, 2.05) is 0 Å². The molecule has 1 saturated carbocycles. The Labute approximate surface area is 128 Å². The van der Waals surface area contributed by atoms with Gasteiger partial charge in [0.1, 0.15) is 12.1 Å². The van der Waals surface area contributed by atoms with Crippen LogP contribution in [0.2, 0.25) is 0 Å². The number of hydrogen-bond acceptors (Lipinski definition) is 3. The summed E-state index contributed by atoms with van der Waals surface area (Å²) in [5.41, 5.74) is -0.542. The molecule has 21 heavy (non-hydrogen) atoms. The molecule has 1 aliphatic carbocycles. The number of amides is 2. The molecule has 0 saturated heterocycles. The molecule has 0 aromatic rings. The van der Waals surface area contributed by atoms with Crippen LogP contribution in [-0.2, 0) is 9.53 Å². The van der Waals surface area contributed by atoms with Crippen LogP contribution in [0.5, 0.6) is 0 Å². The molecule has 1 fully saturated rings. The van der Waals surface area contributed by atoms with E-state index in [1.54, 1.807) is 32.7 Å². The summed E-state index contributed by atoms with van der Waals surface area (Å²) in [4.78, 5) is 25.1. The number of hydrogen-bond donors (Lipinski definition) is 1. The highest BCUT2D eigenvalue weighted by Gasteiger charge is 2.18. The molecule has 1 N–H and O–H groups in total. The Kier molecular flexibility index (Phi) is 6.99. The van der Waals surface area contributed by atoms with Gasteiger partial charge in [-0.25, -0.2) is 4.79 Å². The molecule has 0 heterocycles. The molecule has 1 aliphatic rings. The number of carbonyl (C=O) groups is 2. The van der Waals surface area contributed by atoms with E-state index >= 15 is 0 Å². The summed E-state index contributed by atoms with van der Waals surface area (Å²) < 4.78 is 5.10. The summed E-state index contributed by atoms with van der Waals surface area (Å²) in [7, 11) is 1.79. The van der Waals surface area contributed by atoms with E-state index in [4.69, 9.17) is 4.74 Å². The Hall–Kier alpha value is -1.26. The van der Waals surface area contributed by atoms with Gasteiger partial charge < -0.3 is 15.0 Å². The predicted octanol–water partition coefficient (Wildman–Crippen LogP) is 2.94. The molecule has 0 bridgehead atoms. The van der Waals surface area contributed by atoms with E-state index in [9.17, 15) is 9.59 Å². The number of alkyl carbamates (subject to hydrolysis) is 1. The summed E-state index contributed by atoms with van der Waals surface area (Å²) in [6, 6.07) is 0. The van der Waals surface area contributed by atoms with Gasteiger partial charge in [-0.3, -0.25) is 4.79 Å². The molecule has 5 nitrogen and oxygen atoms in total. The molecule has 0 aromatic carbocycles. The zero-order valence-corrected chi connectivity index (χ0v) is 13.9. The van der Waals surface area contributed by atoms with Gasteiger partial charge in [-0.2, -0.15) is 0 Å². The van der Waals surface area contributed by atoms with Crippen molar-refractivity contribution < 1.29 is 14.3 Å². The van der Waals surface area contributed by atoms with Crippen molar-refractivity contribution in [3.05, 3.63) is 0 Å². The van der Waals surface area contributed by atoms with Crippen molar-refractivity contribution >= 4 is 12.0 Å². The highest BCUT2D eigenvalue weighted by Crippen LogP contribution is 2.26. The van der Waals surface area contributed by atoms with E-state index < -0.39 is 11.7 Å². The van der Waals surface area contributed by atoms with Gasteiger partial charge >= 0.3 is 6.09 Å². The van der Waals surface area contributed by atoms with Crippen molar-refractivity contribution in [3.63, 3.8) is 0 Å². The summed E-state index contributed by atoms with van der Waals surface area (Å²) in [5, 5.41) is 2.51. The molecule has 0 atom stereocenters. The van der Waals surface area contributed by atoms with Crippen molar-refractivity contribution in [2.75, 3.05) is 20.1 Å². The standard InChI is InChI=1S/C16H30N2O3/c1-16(2,3)21-15(20)17-12-14(19)18(4)11-10-13-8-6-5-7-9-13/h13H,5-12H2,1-4H3,(H,17,20). The quantitative estimate of drug-likeness (QED) is 0.849. The second-order valence-electron chi connectivity index (χ2n) is 6.96. The highest BCUT2D eigenvalue weighted by atomic mass is 16.6. The van der Waals surface area contributed by atoms with Gasteiger partial charge in [0.25, 0.3) is 0 Å². The van der Waals surface area contributed by atoms with Crippen LogP contribution in [0.3, 0.4) is 0 Å².